The molecule has 0 radical (unpaired) electrons. The number of sulfone groups is 1. The highest BCUT2D eigenvalue weighted by Gasteiger charge is 2.54. The number of carbonyl (C=O) groups excluding carboxylic acids is 1. The molecule has 166 valence electrons. The predicted molar refractivity (Wildman–Crippen MR) is 99.5 cm³/mol. The highest BCUT2D eigenvalue weighted by atomic mass is 32.2. The lowest BCUT2D eigenvalue weighted by atomic mass is 10.1. The van der Waals surface area contributed by atoms with E-state index in [0.717, 1.165) is 46.2 Å². The first-order valence-corrected chi connectivity index (χ1v) is 10.8. The van der Waals surface area contributed by atoms with E-state index in [0.29, 0.717) is 0 Å². The van der Waals surface area contributed by atoms with Crippen LogP contribution in [0.2, 0.25) is 0 Å². The fraction of sp³-hybridized carbons (Fsp3) is 0.316. The van der Waals surface area contributed by atoms with Crippen molar-refractivity contribution < 1.29 is 39.6 Å². The van der Waals surface area contributed by atoms with Crippen molar-refractivity contribution in [3.63, 3.8) is 0 Å². The van der Waals surface area contributed by atoms with Gasteiger partial charge >= 0.3 is 18.4 Å². The van der Waals surface area contributed by atoms with Crippen LogP contribution in [-0.2, 0) is 22.2 Å². The molecule has 0 N–H and O–H groups in total. The van der Waals surface area contributed by atoms with E-state index in [1.807, 2.05) is 0 Å². The smallest absolute Gasteiger partial charge is 0.288 e. The maximum absolute atomic E-state index is 13.1. The number of alkyl halides is 6. The second-order valence-corrected chi connectivity index (χ2v) is 9.48. The van der Waals surface area contributed by atoms with E-state index >= 15 is 0 Å². The van der Waals surface area contributed by atoms with Gasteiger partial charge in [0.2, 0.25) is 0 Å². The van der Waals surface area contributed by atoms with Crippen molar-refractivity contribution in [2.24, 2.45) is 0 Å². The van der Waals surface area contributed by atoms with Crippen molar-refractivity contribution in [2.75, 3.05) is 21.3 Å². The summed E-state index contributed by atoms with van der Waals surface area (Å²) in [6.45, 7) is 0. The molecule has 0 unspecified atom stereocenters. The zero-order valence-electron chi connectivity index (χ0n) is 15.5. The first-order chi connectivity index (χ1) is 14.3. The lowest BCUT2D eigenvalue weighted by Gasteiger charge is -2.24. The summed E-state index contributed by atoms with van der Waals surface area (Å²) in [4.78, 5) is 15.0. The Morgan fingerprint density at radius 3 is 1.48 bits per heavy atom. The SMILES string of the molecule is O=C1N(c2cccc(C(F)(F)F)c2)[C@H]2CS(=O)(=O)C[C@@H]2N1c1cccc(C(F)(F)F)c1. The lowest BCUT2D eigenvalue weighted by molar-refractivity contribution is -0.138. The highest BCUT2D eigenvalue weighted by Crippen LogP contribution is 2.41. The number of halogens is 6. The largest absolute Gasteiger partial charge is 0.416 e. The molecule has 0 aliphatic carbocycles. The van der Waals surface area contributed by atoms with Crippen LogP contribution in [0.3, 0.4) is 0 Å². The molecule has 5 nitrogen and oxygen atoms in total. The third-order valence-electron chi connectivity index (χ3n) is 5.27. The van der Waals surface area contributed by atoms with Gasteiger partial charge in [0.1, 0.15) is 0 Å². The second-order valence-electron chi connectivity index (χ2n) is 7.33. The van der Waals surface area contributed by atoms with Gasteiger partial charge in [0.05, 0.1) is 34.7 Å². The van der Waals surface area contributed by atoms with Crippen LogP contribution in [0, 0.1) is 0 Å². The fourth-order valence-corrected chi connectivity index (χ4v) is 5.89. The highest BCUT2D eigenvalue weighted by molar-refractivity contribution is 7.91. The van der Waals surface area contributed by atoms with E-state index in [1.54, 1.807) is 0 Å². The molecule has 0 saturated carbocycles. The van der Waals surface area contributed by atoms with Crippen LogP contribution in [0.4, 0.5) is 42.5 Å². The fourth-order valence-electron chi connectivity index (χ4n) is 3.97. The molecule has 2 aromatic carbocycles. The standard InChI is InChI=1S/C19H14F6N2O3S/c20-18(21,22)11-3-1-5-13(7-11)26-15-9-31(29,30)10-16(15)27(17(26)28)14-6-2-4-12(8-14)19(23,24)25/h1-8,15-16H,9-10H2/t15-,16-/m0/s1. The molecule has 0 aromatic heterocycles. The average Bonchev–Trinajstić information content (AvgIpc) is 3.09. The Balaban J connectivity index is 1.81. The molecular weight excluding hydrogens is 450 g/mol. The molecule has 4 rings (SSSR count). The third kappa shape index (κ3) is 3.84. The van der Waals surface area contributed by atoms with Crippen LogP contribution in [-0.4, -0.2) is 38.0 Å². The molecule has 2 atom stereocenters. The van der Waals surface area contributed by atoms with Gasteiger partial charge < -0.3 is 0 Å². The number of benzene rings is 2. The van der Waals surface area contributed by atoms with Gasteiger partial charge in [0.25, 0.3) is 0 Å². The Morgan fingerprint density at radius 2 is 1.13 bits per heavy atom. The van der Waals surface area contributed by atoms with Crippen LogP contribution >= 0.6 is 0 Å². The molecule has 2 amide bonds. The van der Waals surface area contributed by atoms with Crippen molar-refractivity contribution in [2.45, 2.75) is 24.4 Å². The minimum atomic E-state index is -4.69. The molecule has 2 aliphatic rings. The molecule has 0 bridgehead atoms. The van der Waals surface area contributed by atoms with E-state index < -0.39 is 62.9 Å². The van der Waals surface area contributed by atoms with E-state index in [4.69, 9.17) is 0 Å². The van der Waals surface area contributed by atoms with Crippen LogP contribution in [0.15, 0.2) is 48.5 Å². The molecule has 2 fully saturated rings. The van der Waals surface area contributed by atoms with E-state index in [1.165, 1.54) is 12.1 Å². The average molecular weight is 464 g/mol. The van der Waals surface area contributed by atoms with Crippen molar-refractivity contribution in [3.05, 3.63) is 59.7 Å². The summed E-state index contributed by atoms with van der Waals surface area (Å²) in [5, 5.41) is 0. The first-order valence-electron chi connectivity index (χ1n) is 8.95. The molecule has 0 spiro atoms. The number of carbonyl (C=O) groups is 1. The van der Waals surface area contributed by atoms with Gasteiger partial charge in [-0.15, -0.1) is 0 Å². The number of anilines is 2. The number of amides is 2. The van der Waals surface area contributed by atoms with Crippen molar-refractivity contribution in [1.82, 2.24) is 0 Å². The normalized spacial score (nSPS) is 23.4. The number of rotatable bonds is 2. The lowest BCUT2D eigenvalue weighted by Crippen LogP contribution is -2.38. The monoisotopic (exact) mass is 464 g/mol. The van der Waals surface area contributed by atoms with Crippen LogP contribution in [0.1, 0.15) is 11.1 Å². The number of urea groups is 1. The zero-order chi connectivity index (χ0) is 22.8. The summed E-state index contributed by atoms with van der Waals surface area (Å²) in [6.07, 6.45) is -9.39. The Labute approximate surface area is 172 Å². The molecule has 2 heterocycles. The summed E-state index contributed by atoms with van der Waals surface area (Å²) >= 11 is 0. The maximum Gasteiger partial charge on any atom is 0.416 e. The summed E-state index contributed by atoms with van der Waals surface area (Å²) < 4.78 is 103. The summed E-state index contributed by atoms with van der Waals surface area (Å²) in [5.41, 5.74) is -2.43. The topological polar surface area (TPSA) is 57.7 Å². The second kappa shape index (κ2) is 6.87. The third-order valence-corrected chi connectivity index (χ3v) is 6.97. The summed E-state index contributed by atoms with van der Waals surface area (Å²) in [7, 11) is -3.67. The Bertz CT molecular complexity index is 1060. The van der Waals surface area contributed by atoms with E-state index in [9.17, 15) is 39.6 Å². The van der Waals surface area contributed by atoms with Gasteiger partial charge in [-0.05, 0) is 36.4 Å². The number of hydrogen-bond acceptors (Lipinski definition) is 3. The Hall–Kier alpha value is -2.76. The van der Waals surface area contributed by atoms with E-state index in [-0.39, 0.29) is 11.4 Å². The maximum atomic E-state index is 13.1. The molecular formula is C19H14F6N2O3S. The van der Waals surface area contributed by atoms with E-state index in [2.05, 4.69) is 0 Å². The van der Waals surface area contributed by atoms with Gasteiger partial charge in [-0.2, -0.15) is 26.3 Å². The zero-order valence-corrected chi connectivity index (χ0v) is 16.3. The van der Waals surface area contributed by atoms with Gasteiger partial charge in [-0.1, -0.05) is 12.1 Å². The number of nitrogens with zero attached hydrogens (tertiary/aromatic N) is 2. The molecule has 12 heteroatoms. The van der Waals surface area contributed by atoms with Crippen molar-refractivity contribution in [3.8, 4) is 0 Å². The predicted octanol–water partition coefficient (Wildman–Crippen LogP) is 4.34. The number of hydrogen-bond donors (Lipinski definition) is 0. The Morgan fingerprint density at radius 1 is 0.742 bits per heavy atom. The first kappa shape index (κ1) is 21.5. The molecule has 31 heavy (non-hydrogen) atoms. The summed E-state index contributed by atoms with van der Waals surface area (Å²) in [5.74, 6) is -1.01. The van der Waals surface area contributed by atoms with Gasteiger partial charge in [0, 0.05) is 11.4 Å². The number of fused-ring (bicyclic) bond motifs is 1. The van der Waals surface area contributed by atoms with Crippen LogP contribution < -0.4 is 9.80 Å². The van der Waals surface area contributed by atoms with Gasteiger partial charge in [-0.25, -0.2) is 13.2 Å². The van der Waals surface area contributed by atoms with Crippen molar-refractivity contribution in [1.29, 1.82) is 0 Å². The van der Waals surface area contributed by atoms with Crippen molar-refractivity contribution >= 4 is 27.2 Å². The van der Waals surface area contributed by atoms with Gasteiger partial charge in [0.15, 0.2) is 9.84 Å². The molecule has 2 aromatic rings. The molecule has 2 saturated heterocycles. The minimum Gasteiger partial charge on any atom is -0.288 e. The minimum absolute atomic E-state index is 0.179. The quantitative estimate of drug-likeness (QED) is 0.491. The van der Waals surface area contributed by atoms with Crippen LogP contribution in [0.5, 0.6) is 0 Å². The molecule has 2 aliphatic heterocycles. The van der Waals surface area contributed by atoms with Gasteiger partial charge in [-0.3, -0.25) is 9.80 Å². The Kier molecular flexibility index (Phi) is 4.76. The summed E-state index contributed by atoms with van der Waals surface area (Å²) in [6, 6.07) is 4.71. The van der Waals surface area contributed by atoms with Crippen LogP contribution in [0.25, 0.3) is 0 Å².